The second-order valence-corrected chi connectivity index (χ2v) is 4.72. The highest BCUT2D eigenvalue weighted by Gasteiger charge is 2.28. The van der Waals surface area contributed by atoms with Crippen LogP contribution in [0.4, 0.5) is 14.9 Å². The number of carbonyl (C=O) groups is 2. The molecular weight excluding hydrogens is 251 g/mol. The Kier molecular flexibility index (Phi) is 3.69. The van der Waals surface area contributed by atoms with Gasteiger partial charge in [0.05, 0.1) is 5.56 Å². The summed E-state index contributed by atoms with van der Waals surface area (Å²) in [7, 11) is 0. The van der Waals surface area contributed by atoms with Crippen molar-refractivity contribution in [3.05, 3.63) is 29.6 Å². The average molecular weight is 266 g/mol. The van der Waals surface area contributed by atoms with E-state index in [4.69, 9.17) is 5.11 Å². The number of nitrogens with one attached hydrogen (secondary N) is 2. The summed E-state index contributed by atoms with van der Waals surface area (Å²) in [6.07, 6.45) is 2.22. The lowest BCUT2D eigenvalue weighted by Crippen LogP contribution is -2.37. The largest absolute Gasteiger partial charge is 0.478 e. The van der Waals surface area contributed by atoms with Crippen molar-refractivity contribution in [3.8, 4) is 0 Å². The smallest absolute Gasteiger partial charge is 0.338 e. The number of urea groups is 1. The summed E-state index contributed by atoms with van der Waals surface area (Å²) in [4.78, 5) is 22.4. The molecule has 0 aromatic heterocycles. The summed E-state index contributed by atoms with van der Waals surface area (Å²) in [5.74, 6) is -1.67. The molecule has 6 heteroatoms. The molecule has 102 valence electrons. The van der Waals surface area contributed by atoms with Gasteiger partial charge < -0.3 is 15.7 Å². The summed E-state index contributed by atoms with van der Waals surface area (Å²) >= 11 is 0. The summed E-state index contributed by atoms with van der Waals surface area (Å²) in [6, 6.07) is 3.10. The molecule has 2 rings (SSSR count). The molecule has 19 heavy (non-hydrogen) atoms. The molecule has 0 saturated heterocycles. The number of anilines is 1. The van der Waals surface area contributed by atoms with Crippen molar-refractivity contribution in [3.63, 3.8) is 0 Å². The van der Waals surface area contributed by atoms with Crippen LogP contribution >= 0.6 is 0 Å². The van der Waals surface area contributed by atoms with E-state index in [-0.39, 0.29) is 11.7 Å². The Morgan fingerprint density at radius 2 is 2.11 bits per heavy atom. The fourth-order valence-electron chi connectivity index (χ4n) is 1.85. The average Bonchev–Trinajstić information content (AvgIpc) is 3.15. The molecule has 2 amide bonds. The van der Waals surface area contributed by atoms with Crippen molar-refractivity contribution in [2.24, 2.45) is 5.92 Å². The topological polar surface area (TPSA) is 78.4 Å². The lowest BCUT2D eigenvalue weighted by Gasteiger charge is -2.14. The number of hydrogen-bond donors (Lipinski definition) is 3. The van der Waals surface area contributed by atoms with E-state index >= 15 is 0 Å². The number of halogens is 1. The van der Waals surface area contributed by atoms with Gasteiger partial charge in [0, 0.05) is 11.7 Å². The highest BCUT2D eigenvalue weighted by atomic mass is 19.1. The van der Waals surface area contributed by atoms with Crippen LogP contribution in [-0.4, -0.2) is 23.1 Å². The van der Waals surface area contributed by atoms with E-state index in [0.29, 0.717) is 5.92 Å². The predicted molar refractivity (Wildman–Crippen MR) is 67.7 cm³/mol. The summed E-state index contributed by atoms with van der Waals surface area (Å²) in [5, 5.41) is 14.0. The molecule has 0 radical (unpaired) electrons. The van der Waals surface area contributed by atoms with Gasteiger partial charge in [0.15, 0.2) is 0 Å². The highest BCUT2D eigenvalue weighted by Crippen LogP contribution is 2.32. The van der Waals surface area contributed by atoms with E-state index in [2.05, 4.69) is 10.6 Å². The van der Waals surface area contributed by atoms with E-state index in [1.165, 1.54) is 6.07 Å². The maximum atomic E-state index is 13.2. The Labute approximate surface area is 109 Å². The zero-order chi connectivity index (χ0) is 14.0. The van der Waals surface area contributed by atoms with Crippen molar-refractivity contribution in [2.75, 3.05) is 5.32 Å². The van der Waals surface area contributed by atoms with Gasteiger partial charge in [-0.1, -0.05) is 0 Å². The van der Waals surface area contributed by atoms with Gasteiger partial charge in [-0.15, -0.1) is 0 Å². The molecule has 1 aliphatic rings. The maximum Gasteiger partial charge on any atom is 0.338 e. The van der Waals surface area contributed by atoms with E-state index < -0.39 is 23.4 Å². The first kappa shape index (κ1) is 13.3. The third kappa shape index (κ3) is 3.43. The molecule has 1 atom stereocenters. The van der Waals surface area contributed by atoms with Crippen LogP contribution in [-0.2, 0) is 0 Å². The molecule has 1 aromatic rings. The second-order valence-electron chi connectivity index (χ2n) is 4.72. The molecular formula is C13H15FN2O3. The van der Waals surface area contributed by atoms with Crippen LogP contribution < -0.4 is 10.6 Å². The Hall–Kier alpha value is -2.11. The maximum absolute atomic E-state index is 13.2. The summed E-state index contributed by atoms with van der Waals surface area (Å²) in [5.41, 5.74) is -0.215. The number of amides is 2. The number of hydrogen-bond acceptors (Lipinski definition) is 2. The molecule has 3 N–H and O–H groups in total. The summed E-state index contributed by atoms with van der Waals surface area (Å²) in [6.45, 7) is 1.92. The van der Waals surface area contributed by atoms with Crippen LogP contribution in [0.15, 0.2) is 18.2 Å². The van der Waals surface area contributed by atoms with Gasteiger partial charge in [0.25, 0.3) is 0 Å². The lowest BCUT2D eigenvalue weighted by molar-refractivity contribution is 0.0692. The van der Waals surface area contributed by atoms with Gasteiger partial charge in [-0.2, -0.15) is 0 Å². The van der Waals surface area contributed by atoms with Crippen molar-refractivity contribution < 1.29 is 19.1 Å². The van der Waals surface area contributed by atoms with E-state index in [1.807, 2.05) is 6.92 Å². The number of carbonyl (C=O) groups excluding carboxylic acids is 1. The molecule has 1 aliphatic carbocycles. The molecule has 1 aromatic carbocycles. The zero-order valence-corrected chi connectivity index (χ0v) is 10.4. The van der Waals surface area contributed by atoms with Crippen molar-refractivity contribution in [2.45, 2.75) is 25.8 Å². The quantitative estimate of drug-likeness (QED) is 0.783. The van der Waals surface area contributed by atoms with Gasteiger partial charge >= 0.3 is 12.0 Å². The Balaban J connectivity index is 2.00. The fourth-order valence-corrected chi connectivity index (χ4v) is 1.85. The minimum Gasteiger partial charge on any atom is -0.478 e. The molecule has 1 unspecified atom stereocenters. The van der Waals surface area contributed by atoms with E-state index in [0.717, 1.165) is 25.0 Å². The van der Waals surface area contributed by atoms with Crippen LogP contribution in [0.1, 0.15) is 30.1 Å². The summed E-state index contributed by atoms with van der Waals surface area (Å²) < 4.78 is 13.2. The Morgan fingerprint density at radius 3 is 2.68 bits per heavy atom. The van der Waals surface area contributed by atoms with Crippen LogP contribution in [0.3, 0.4) is 0 Å². The number of carboxylic acid groups (broad SMARTS) is 1. The molecule has 0 heterocycles. The van der Waals surface area contributed by atoms with Crippen LogP contribution in [0.2, 0.25) is 0 Å². The molecule has 0 spiro atoms. The van der Waals surface area contributed by atoms with Crippen molar-refractivity contribution in [1.29, 1.82) is 0 Å². The van der Waals surface area contributed by atoms with Gasteiger partial charge in [0.2, 0.25) is 0 Å². The first-order valence-electron chi connectivity index (χ1n) is 6.07. The minimum atomic E-state index is -1.37. The van der Waals surface area contributed by atoms with E-state index in [9.17, 15) is 14.0 Å². The molecule has 1 fully saturated rings. The lowest BCUT2D eigenvalue weighted by atomic mass is 10.2. The third-order valence-corrected chi connectivity index (χ3v) is 3.14. The van der Waals surface area contributed by atoms with Crippen molar-refractivity contribution in [1.82, 2.24) is 5.32 Å². The normalized spacial score (nSPS) is 15.7. The third-order valence-electron chi connectivity index (χ3n) is 3.14. The highest BCUT2D eigenvalue weighted by molar-refractivity contribution is 5.93. The second kappa shape index (κ2) is 5.26. The standard InChI is InChI=1S/C13H15FN2O3/c1-7(8-2-3-8)15-13(19)16-9-4-5-11(14)10(6-9)12(17)18/h4-8H,2-3H2,1H3,(H,17,18)(H2,15,16,19). The number of benzene rings is 1. The predicted octanol–water partition coefficient (Wildman–Crippen LogP) is 2.44. The van der Waals surface area contributed by atoms with Gasteiger partial charge in [-0.3, -0.25) is 0 Å². The molecule has 1 saturated carbocycles. The first-order valence-corrected chi connectivity index (χ1v) is 6.07. The molecule has 0 bridgehead atoms. The number of carboxylic acids is 1. The van der Waals surface area contributed by atoms with Crippen LogP contribution in [0.5, 0.6) is 0 Å². The SMILES string of the molecule is CC(NC(=O)Nc1ccc(F)c(C(=O)O)c1)C1CC1. The van der Waals surface area contributed by atoms with E-state index in [1.54, 1.807) is 0 Å². The number of rotatable bonds is 4. The van der Waals surface area contributed by atoms with Gasteiger partial charge in [-0.05, 0) is 43.9 Å². The molecule has 5 nitrogen and oxygen atoms in total. The zero-order valence-electron chi connectivity index (χ0n) is 10.4. The minimum absolute atomic E-state index is 0.0828. The van der Waals surface area contributed by atoms with Crippen molar-refractivity contribution >= 4 is 17.7 Å². The monoisotopic (exact) mass is 266 g/mol. The first-order chi connectivity index (χ1) is 8.97. The van der Waals surface area contributed by atoms with Crippen LogP contribution in [0, 0.1) is 11.7 Å². The van der Waals surface area contributed by atoms with Gasteiger partial charge in [-0.25, -0.2) is 14.0 Å². The Morgan fingerprint density at radius 1 is 1.42 bits per heavy atom. The number of aromatic carboxylic acids is 1. The fraction of sp³-hybridized carbons (Fsp3) is 0.385. The van der Waals surface area contributed by atoms with Gasteiger partial charge in [0.1, 0.15) is 5.82 Å². The van der Waals surface area contributed by atoms with Crippen LogP contribution in [0.25, 0.3) is 0 Å². The Bertz CT molecular complexity index is 515. The molecule has 0 aliphatic heterocycles.